The number of fused-ring (bicyclic) bond motifs is 1. The first kappa shape index (κ1) is 21.3. The zero-order valence-electron chi connectivity index (χ0n) is 13.7. The highest BCUT2D eigenvalue weighted by Crippen LogP contribution is 2.19. The fourth-order valence-corrected chi connectivity index (χ4v) is 2.45. The van der Waals surface area contributed by atoms with Gasteiger partial charge in [0.15, 0.2) is 0 Å². The monoisotopic (exact) mass is 346 g/mol. The van der Waals surface area contributed by atoms with Crippen molar-refractivity contribution in [3.05, 3.63) is 36.1 Å². The number of nitrogens with zero attached hydrogens (tertiary/aromatic N) is 2. The van der Waals surface area contributed by atoms with Crippen LogP contribution < -0.4 is 0 Å². The first-order valence-electron chi connectivity index (χ1n) is 7.46. The van der Waals surface area contributed by atoms with E-state index in [1.54, 1.807) is 0 Å². The summed E-state index contributed by atoms with van der Waals surface area (Å²) >= 11 is 0. The van der Waals surface area contributed by atoms with Crippen LogP contribution in [0.1, 0.15) is 25.0 Å². The second-order valence-corrected chi connectivity index (χ2v) is 5.85. The first-order valence-corrected chi connectivity index (χ1v) is 7.46. The minimum Gasteiger partial charge on any atom is -0.460 e. The Morgan fingerprint density at radius 1 is 0.909 bits per heavy atom. The molecule has 0 saturated carbocycles. The highest BCUT2D eigenvalue weighted by atomic mass is 35.5. The van der Waals surface area contributed by atoms with Crippen LogP contribution in [0.3, 0.4) is 0 Å². The average Bonchev–Trinajstić information content (AvgIpc) is 2.79. The Labute approximate surface area is 146 Å². The normalized spacial score (nSPS) is 10.8. The van der Waals surface area contributed by atoms with Crippen LogP contribution in [0.4, 0.5) is 0 Å². The van der Waals surface area contributed by atoms with Crippen molar-refractivity contribution in [1.29, 1.82) is 0 Å². The molecular weight excluding hydrogens is 319 g/mol. The molecule has 1 heterocycles. The van der Waals surface area contributed by atoms with Crippen LogP contribution >= 0.6 is 24.8 Å². The van der Waals surface area contributed by atoms with Crippen molar-refractivity contribution < 1.29 is 4.42 Å². The fourth-order valence-electron chi connectivity index (χ4n) is 2.45. The van der Waals surface area contributed by atoms with Gasteiger partial charge in [0.25, 0.3) is 0 Å². The summed E-state index contributed by atoms with van der Waals surface area (Å²) in [6.45, 7) is 3.21. The molecule has 3 nitrogen and oxygen atoms in total. The molecule has 5 heteroatoms. The van der Waals surface area contributed by atoms with Crippen LogP contribution in [0.25, 0.3) is 11.0 Å². The summed E-state index contributed by atoms with van der Waals surface area (Å²) in [6, 6.07) is 10.3. The van der Waals surface area contributed by atoms with Gasteiger partial charge in [0.1, 0.15) is 11.3 Å². The molecule has 1 aromatic carbocycles. The van der Waals surface area contributed by atoms with Gasteiger partial charge in [-0.25, -0.2) is 0 Å². The lowest BCUT2D eigenvalue weighted by atomic mass is 10.2. The zero-order valence-corrected chi connectivity index (χ0v) is 15.4. The maximum Gasteiger partial charge on any atom is 0.134 e. The maximum atomic E-state index is 5.85. The SMILES string of the molecule is CN(C)CCCCCN(C)Cc1cc2ccccc2o1.Cl.Cl. The van der Waals surface area contributed by atoms with Crippen LogP contribution in [0.2, 0.25) is 0 Å². The van der Waals surface area contributed by atoms with Crippen LogP contribution in [0.5, 0.6) is 0 Å². The van der Waals surface area contributed by atoms with E-state index in [0.717, 1.165) is 24.4 Å². The van der Waals surface area contributed by atoms with E-state index >= 15 is 0 Å². The summed E-state index contributed by atoms with van der Waals surface area (Å²) < 4.78 is 5.85. The van der Waals surface area contributed by atoms with Crippen molar-refractivity contribution >= 4 is 35.8 Å². The van der Waals surface area contributed by atoms with E-state index in [0.29, 0.717) is 0 Å². The van der Waals surface area contributed by atoms with Gasteiger partial charge in [-0.15, -0.1) is 24.8 Å². The third-order valence-corrected chi connectivity index (χ3v) is 3.55. The molecule has 0 atom stereocenters. The van der Waals surface area contributed by atoms with Gasteiger partial charge >= 0.3 is 0 Å². The number of hydrogen-bond acceptors (Lipinski definition) is 3. The third kappa shape index (κ3) is 7.01. The molecule has 126 valence electrons. The van der Waals surface area contributed by atoms with Gasteiger partial charge in [0.05, 0.1) is 6.54 Å². The van der Waals surface area contributed by atoms with Crippen molar-refractivity contribution in [2.45, 2.75) is 25.8 Å². The summed E-state index contributed by atoms with van der Waals surface area (Å²) in [5, 5.41) is 1.20. The second-order valence-electron chi connectivity index (χ2n) is 5.85. The molecule has 2 rings (SSSR count). The Hall–Kier alpha value is -0.740. The highest BCUT2D eigenvalue weighted by Gasteiger charge is 2.06. The summed E-state index contributed by atoms with van der Waals surface area (Å²) in [6.07, 6.45) is 3.83. The maximum absolute atomic E-state index is 5.85. The number of halogens is 2. The van der Waals surface area contributed by atoms with E-state index in [2.05, 4.69) is 49.1 Å². The minimum absolute atomic E-state index is 0. The van der Waals surface area contributed by atoms with Gasteiger partial charge in [0, 0.05) is 5.39 Å². The summed E-state index contributed by atoms with van der Waals surface area (Å²) in [5.41, 5.74) is 0.988. The number of para-hydroxylation sites is 1. The van der Waals surface area contributed by atoms with E-state index in [9.17, 15) is 0 Å². The number of furan rings is 1. The summed E-state index contributed by atoms with van der Waals surface area (Å²) in [5.74, 6) is 1.06. The first-order chi connectivity index (χ1) is 9.65. The van der Waals surface area contributed by atoms with Crippen LogP contribution in [-0.4, -0.2) is 44.0 Å². The smallest absolute Gasteiger partial charge is 0.134 e. The van der Waals surface area contributed by atoms with Crippen LogP contribution in [-0.2, 0) is 6.54 Å². The lowest BCUT2D eigenvalue weighted by molar-refractivity contribution is 0.288. The van der Waals surface area contributed by atoms with E-state index in [1.165, 1.54) is 31.2 Å². The molecule has 0 bridgehead atoms. The molecule has 0 aliphatic heterocycles. The van der Waals surface area contributed by atoms with E-state index in [4.69, 9.17) is 4.42 Å². The molecule has 0 aliphatic carbocycles. The topological polar surface area (TPSA) is 19.6 Å². The zero-order chi connectivity index (χ0) is 14.4. The molecule has 0 saturated heterocycles. The van der Waals surface area contributed by atoms with Gasteiger partial charge in [-0.1, -0.05) is 24.6 Å². The molecule has 0 unspecified atom stereocenters. The van der Waals surface area contributed by atoms with Crippen molar-refractivity contribution in [1.82, 2.24) is 9.80 Å². The predicted octanol–water partition coefficient (Wildman–Crippen LogP) is 4.44. The van der Waals surface area contributed by atoms with Crippen molar-refractivity contribution in [2.75, 3.05) is 34.2 Å². The van der Waals surface area contributed by atoms with Gasteiger partial charge in [-0.2, -0.15) is 0 Å². The van der Waals surface area contributed by atoms with Gasteiger partial charge in [-0.05, 0) is 59.2 Å². The van der Waals surface area contributed by atoms with Crippen molar-refractivity contribution in [2.24, 2.45) is 0 Å². The van der Waals surface area contributed by atoms with Gasteiger partial charge in [-0.3, -0.25) is 4.90 Å². The standard InChI is InChI=1S/C17H26N2O.2ClH/c1-18(2)11-7-4-8-12-19(3)14-16-13-15-9-5-6-10-17(15)20-16;;/h5-6,9-10,13H,4,7-8,11-12,14H2,1-3H3;2*1H. The van der Waals surface area contributed by atoms with Crippen molar-refractivity contribution in [3.8, 4) is 0 Å². The third-order valence-electron chi connectivity index (χ3n) is 3.55. The fraction of sp³-hybridized carbons (Fsp3) is 0.529. The molecular formula is C17H28Cl2N2O. The van der Waals surface area contributed by atoms with Crippen molar-refractivity contribution in [3.63, 3.8) is 0 Å². The molecule has 0 radical (unpaired) electrons. The number of benzene rings is 1. The van der Waals surface area contributed by atoms with Gasteiger partial charge < -0.3 is 9.32 Å². The number of rotatable bonds is 8. The summed E-state index contributed by atoms with van der Waals surface area (Å²) in [7, 11) is 6.43. The molecule has 0 spiro atoms. The van der Waals surface area contributed by atoms with Gasteiger partial charge in [0.2, 0.25) is 0 Å². The predicted molar refractivity (Wildman–Crippen MR) is 99.4 cm³/mol. The largest absolute Gasteiger partial charge is 0.460 e. The van der Waals surface area contributed by atoms with Crippen LogP contribution in [0.15, 0.2) is 34.7 Å². The quantitative estimate of drug-likeness (QED) is 0.658. The lowest BCUT2D eigenvalue weighted by Gasteiger charge is -2.15. The van der Waals surface area contributed by atoms with E-state index < -0.39 is 0 Å². The lowest BCUT2D eigenvalue weighted by Crippen LogP contribution is -2.19. The minimum atomic E-state index is 0. The molecule has 0 aliphatic rings. The average molecular weight is 347 g/mol. The molecule has 2 aromatic rings. The molecule has 22 heavy (non-hydrogen) atoms. The molecule has 0 amide bonds. The van der Waals surface area contributed by atoms with E-state index in [-0.39, 0.29) is 24.8 Å². The molecule has 0 fully saturated rings. The molecule has 0 N–H and O–H groups in total. The highest BCUT2D eigenvalue weighted by molar-refractivity contribution is 5.85. The van der Waals surface area contributed by atoms with E-state index in [1.807, 2.05) is 12.1 Å². The van der Waals surface area contributed by atoms with Crippen LogP contribution in [0, 0.1) is 0 Å². The molecule has 1 aromatic heterocycles. The Balaban J connectivity index is 0.00000220. The Bertz CT molecular complexity index is 495. The summed E-state index contributed by atoms with van der Waals surface area (Å²) in [4.78, 5) is 4.59. The Kier molecular flexibility index (Phi) is 10.5. The Morgan fingerprint density at radius 3 is 2.27 bits per heavy atom. The Morgan fingerprint density at radius 2 is 1.59 bits per heavy atom. The second kappa shape index (κ2) is 10.9. The number of unbranched alkanes of at least 4 members (excludes halogenated alkanes) is 2. The number of hydrogen-bond donors (Lipinski definition) is 0.